The summed E-state index contributed by atoms with van der Waals surface area (Å²) in [5.74, 6) is -0.903. The van der Waals surface area contributed by atoms with Crippen LogP contribution < -0.4 is 0 Å². The number of carboxylic acids is 1. The molecule has 13 heavy (non-hydrogen) atoms. The number of hydrogen-bond acceptors (Lipinski definition) is 3. The Morgan fingerprint density at radius 3 is 2.92 bits per heavy atom. The lowest BCUT2D eigenvalue weighted by atomic mass is 10.1. The van der Waals surface area contributed by atoms with Gasteiger partial charge in [-0.2, -0.15) is 5.10 Å². The maximum Gasteiger partial charge on any atom is 0.303 e. The van der Waals surface area contributed by atoms with Crippen LogP contribution in [-0.4, -0.2) is 26.4 Å². The molecule has 5 heteroatoms. The zero-order chi connectivity index (χ0) is 9.84. The number of carboxylic acid groups (broad SMARTS) is 1. The van der Waals surface area contributed by atoms with Gasteiger partial charge in [0.25, 0.3) is 0 Å². The normalized spacial score (nSPS) is 12.8. The van der Waals surface area contributed by atoms with E-state index in [1.54, 1.807) is 6.92 Å². The van der Waals surface area contributed by atoms with Crippen molar-refractivity contribution in [3.63, 3.8) is 0 Å². The first kappa shape index (κ1) is 9.73. The minimum Gasteiger partial charge on any atom is -0.481 e. The van der Waals surface area contributed by atoms with Gasteiger partial charge in [-0.25, -0.2) is 0 Å². The Balaban J connectivity index is 2.53. The molecule has 0 aliphatic rings. The molecule has 0 aliphatic carbocycles. The molecule has 1 unspecified atom stereocenters. The van der Waals surface area contributed by atoms with Gasteiger partial charge in [-0.05, 0) is 13.3 Å². The summed E-state index contributed by atoms with van der Waals surface area (Å²) in [6.45, 7) is 1.78. The molecule has 3 N–H and O–H groups in total. The van der Waals surface area contributed by atoms with Crippen LogP contribution in [0.1, 0.15) is 30.2 Å². The summed E-state index contributed by atoms with van der Waals surface area (Å²) >= 11 is 0. The average molecular weight is 184 g/mol. The van der Waals surface area contributed by atoms with Gasteiger partial charge in [0.1, 0.15) is 0 Å². The number of aryl methyl sites for hydroxylation is 1. The molecular weight excluding hydrogens is 172 g/mol. The van der Waals surface area contributed by atoms with Crippen LogP contribution in [0.4, 0.5) is 0 Å². The first-order valence-electron chi connectivity index (χ1n) is 4.01. The molecular formula is C8H12N2O3. The van der Waals surface area contributed by atoms with Crippen molar-refractivity contribution in [1.82, 2.24) is 10.2 Å². The Labute approximate surface area is 75.4 Å². The molecule has 5 nitrogen and oxygen atoms in total. The molecule has 72 valence electrons. The summed E-state index contributed by atoms with van der Waals surface area (Å²) in [5.41, 5.74) is 1.44. The number of carbonyl (C=O) groups is 1. The van der Waals surface area contributed by atoms with Gasteiger partial charge in [0.05, 0.1) is 12.3 Å². The highest BCUT2D eigenvalue weighted by molar-refractivity contribution is 5.66. The van der Waals surface area contributed by atoms with E-state index in [0.29, 0.717) is 5.56 Å². The fraction of sp³-hybridized carbons (Fsp3) is 0.500. The van der Waals surface area contributed by atoms with Gasteiger partial charge in [-0.15, -0.1) is 0 Å². The van der Waals surface area contributed by atoms with E-state index in [-0.39, 0.29) is 12.8 Å². The Morgan fingerprint density at radius 1 is 1.77 bits per heavy atom. The van der Waals surface area contributed by atoms with E-state index < -0.39 is 12.1 Å². The number of hydrogen-bond donors (Lipinski definition) is 3. The lowest BCUT2D eigenvalue weighted by Crippen LogP contribution is -2.02. The van der Waals surface area contributed by atoms with Crippen LogP contribution in [0, 0.1) is 6.92 Å². The summed E-state index contributed by atoms with van der Waals surface area (Å²) in [7, 11) is 0. The van der Waals surface area contributed by atoms with E-state index in [2.05, 4.69) is 10.2 Å². The highest BCUT2D eigenvalue weighted by Crippen LogP contribution is 2.19. The topological polar surface area (TPSA) is 86.2 Å². The molecule has 0 aromatic carbocycles. The summed E-state index contributed by atoms with van der Waals surface area (Å²) < 4.78 is 0. The van der Waals surface area contributed by atoms with Crippen LogP contribution >= 0.6 is 0 Å². The summed E-state index contributed by atoms with van der Waals surface area (Å²) in [6.07, 6.45) is 0.957. The SMILES string of the molecule is Cc1[nH]ncc1C(O)CCC(=O)O. The van der Waals surface area contributed by atoms with Crippen LogP contribution in [0.15, 0.2) is 6.20 Å². The number of aliphatic carboxylic acids is 1. The van der Waals surface area contributed by atoms with Crippen molar-refractivity contribution in [2.45, 2.75) is 25.9 Å². The highest BCUT2D eigenvalue weighted by Gasteiger charge is 2.13. The van der Waals surface area contributed by atoms with Gasteiger partial charge in [-0.3, -0.25) is 9.89 Å². The van der Waals surface area contributed by atoms with E-state index in [4.69, 9.17) is 5.11 Å². The van der Waals surface area contributed by atoms with Crippen LogP contribution in [0.2, 0.25) is 0 Å². The predicted molar refractivity (Wildman–Crippen MR) is 45.2 cm³/mol. The van der Waals surface area contributed by atoms with E-state index >= 15 is 0 Å². The quantitative estimate of drug-likeness (QED) is 0.640. The van der Waals surface area contributed by atoms with Gasteiger partial charge in [0.2, 0.25) is 0 Å². The maximum atomic E-state index is 10.2. The lowest BCUT2D eigenvalue weighted by molar-refractivity contribution is -0.137. The van der Waals surface area contributed by atoms with E-state index in [0.717, 1.165) is 5.69 Å². The van der Waals surface area contributed by atoms with Gasteiger partial charge in [-0.1, -0.05) is 0 Å². The van der Waals surface area contributed by atoms with Crippen molar-refractivity contribution in [3.05, 3.63) is 17.5 Å². The fourth-order valence-corrected chi connectivity index (χ4v) is 1.11. The number of rotatable bonds is 4. The van der Waals surface area contributed by atoms with Crippen LogP contribution in [0.5, 0.6) is 0 Å². The van der Waals surface area contributed by atoms with Crippen LogP contribution in [-0.2, 0) is 4.79 Å². The van der Waals surface area contributed by atoms with Gasteiger partial charge >= 0.3 is 5.97 Å². The molecule has 0 aliphatic heterocycles. The Kier molecular flexibility index (Phi) is 3.02. The van der Waals surface area contributed by atoms with Gasteiger partial charge in [0.15, 0.2) is 0 Å². The number of H-pyrrole nitrogens is 1. The second kappa shape index (κ2) is 4.04. The van der Waals surface area contributed by atoms with Crippen molar-refractivity contribution in [2.75, 3.05) is 0 Å². The van der Waals surface area contributed by atoms with Crippen molar-refractivity contribution >= 4 is 5.97 Å². The van der Waals surface area contributed by atoms with E-state index in [1.807, 2.05) is 0 Å². The zero-order valence-electron chi connectivity index (χ0n) is 7.32. The molecule has 0 saturated carbocycles. The van der Waals surface area contributed by atoms with Gasteiger partial charge in [0, 0.05) is 17.7 Å². The minimum atomic E-state index is -0.903. The third-order valence-electron chi connectivity index (χ3n) is 1.86. The van der Waals surface area contributed by atoms with E-state index in [9.17, 15) is 9.90 Å². The third-order valence-corrected chi connectivity index (χ3v) is 1.86. The summed E-state index contributed by atoms with van der Waals surface area (Å²) in [6, 6.07) is 0. The Morgan fingerprint density at radius 2 is 2.46 bits per heavy atom. The second-order valence-corrected chi connectivity index (χ2v) is 2.90. The lowest BCUT2D eigenvalue weighted by Gasteiger charge is -2.06. The minimum absolute atomic E-state index is 0.0359. The van der Waals surface area contributed by atoms with Crippen LogP contribution in [0.3, 0.4) is 0 Å². The average Bonchev–Trinajstić information content (AvgIpc) is 2.47. The molecule has 0 radical (unpaired) electrons. The van der Waals surface area contributed by atoms with Crippen molar-refractivity contribution in [3.8, 4) is 0 Å². The molecule has 1 aromatic rings. The number of aliphatic hydroxyl groups excluding tert-OH is 1. The molecule has 0 spiro atoms. The van der Waals surface area contributed by atoms with Crippen molar-refractivity contribution in [2.24, 2.45) is 0 Å². The number of aromatic amines is 1. The first-order valence-corrected chi connectivity index (χ1v) is 4.01. The molecule has 0 bridgehead atoms. The predicted octanol–water partition coefficient (Wildman–Crippen LogP) is 0.616. The molecule has 0 saturated heterocycles. The fourth-order valence-electron chi connectivity index (χ4n) is 1.11. The molecule has 0 amide bonds. The molecule has 1 aromatic heterocycles. The Bertz CT molecular complexity index is 295. The number of nitrogens with zero attached hydrogens (tertiary/aromatic N) is 1. The monoisotopic (exact) mass is 184 g/mol. The summed E-state index contributed by atoms with van der Waals surface area (Å²) in [5, 5.41) is 24.3. The molecule has 1 heterocycles. The smallest absolute Gasteiger partial charge is 0.303 e. The molecule has 1 rings (SSSR count). The number of aromatic nitrogens is 2. The standard InChI is InChI=1S/C8H12N2O3/c1-5-6(4-9-10-5)7(11)2-3-8(12)13/h4,7,11H,2-3H2,1H3,(H,9,10)(H,12,13). The molecule has 1 atom stereocenters. The number of aliphatic hydroxyl groups is 1. The number of nitrogens with one attached hydrogen (secondary N) is 1. The second-order valence-electron chi connectivity index (χ2n) is 2.90. The third kappa shape index (κ3) is 2.55. The zero-order valence-corrected chi connectivity index (χ0v) is 7.32. The molecule has 0 fully saturated rings. The van der Waals surface area contributed by atoms with Gasteiger partial charge < -0.3 is 10.2 Å². The first-order chi connectivity index (χ1) is 6.11. The van der Waals surface area contributed by atoms with Crippen molar-refractivity contribution < 1.29 is 15.0 Å². The maximum absolute atomic E-state index is 10.2. The summed E-state index contributed by atoms with van der Waals surface area (Å²) in [4.78, 5) is 10.2. The Hall–Kier alpha value is -1.36. The van der Waals surface area contributed by atoms with Crippen molar-refractivity contribution in [1.29, 1.82) is 0 Å². The van der Waals surface area contributed by atoms with E-state index in [1.165, 1.54) is 6.20 Å². The van der Waals surface area contributed by atoms with Crippen LogP contribution in [0.25, 0.3) is 0 Å². The largest absolute Gasteiger partial charge is 0.481 e. The highest BCUT2D eigenvalue weighted by atomic mass is 16.4.